The molecule has 0 unspecified atom stereocenters. The first-order valence-corrected chi connectivity index (χ1v) is 3.50. The van der Waals surface area contributed by atoms with Crippen molar-refractivity contribution >= 4 is 17.4 Å². The molecule has 0 aliphatic heterocycles. The van der Waals surface area contributed by atoms with Crippen LogP contribution >= 0.6 is 11.6 Å². The third kappa shape index (κ3) is 1.55. The topological polar surface area (TPSA) is 76.0 Å². The van der Waals surface area contributed by atoms with E-state index in [1.807, 2.05) is 6.92 Å². The first kappa shape index (κ1) is 8.16. The van der Waals surface area contributed by atoms with Crippen LogP contribution in [0.1, 0.15) is 6.92 Å². The molecule has 1 aromatic rings. The molecule has 1 rings (SSSR count). The summed E-state index contributed by atoms with van der Waals surface area (Å²) in [5.74, 6) is 5.92. The molecule has 1 heterocycles. The summed E-state index contributed by atoms with van der Waals surface area (Å²) in [5, 5.41) is 6.69. The van der Waals surface area contributed by atoms with Crippen LogP contribution in [0.3, 0.4) is 0 Å². The zero-order valence-corrected chi connectivity index (χ0v) is 6.77. The maximum Gasteiger partial charge on any atom is 0.253 e. The number of nitrogens with two attached hydrogens (primary N) is 1. The number of anilines is 1. The Kier molecular flexibility index (Phi) is 2.56. The number of ether oxygens (including phenoxy) is 1. The van der Waals surface area contributed by atoms with Crippen LogP contribution in [0.2, 0.25) is 5.02 Å². The molecule has 62 valence electrons. The van der Waals surface area contributed by atoms with E-state index in [9.17, 15) is 0 Å². The number of aromatic nitrogens is 2. The fraction of sp³-hybridized carbons (Fsp3) is 0.400. The predicted molar refractivity (Wildman–Crippen MR) is 42.6 cm³/mol. The van der Waals surface area contributed by atoms with Crippen molar-refractivity contribution in [3.8, 4) is 5.88 Å². The number of hydrazine groups is 1. The fourth-order valence-electron chi connectivity index (χ4n) is 0.640. The SMILES string of the molecule is CCOc1n[nH]c(NN)c1Cl. The van der Waals surface area contributed by atoms with Crippen molar-refractivity contribution in [2.24, 2.45) is 5.84 Å². The van der Waals surface area contributed by atoms with Crippen LogP contribution in [-0.2, 0) is 0 Å². The Labute approximate surface area is 68.8 Å². The van der Waals surface area contributed by atoms with Gasteiger partial charge in [0, 0.05) is 0 Å². The summed E-state index contributed by atoms with van der Waals surface area (Å²) in [4.78, 5) is 0. The predicted octanol–water partition coefficient (Wildman–Crippen LogP) is 0.747. The minimum atomic E-state index is 0.363. The van der Waals surface area contributed by atoms with Crippen molar-refractivity contribution in [1.29, 1.82) is 0 Å². The Bertz CT molecular complexity index is 236. The van der Waals surface area contributed by atoms with E-state index in [0.29, 0.717) is 23.3 Å². The minimum absolute atomic E-state index is 0.363. The standard InChI is InChI=1S/C5H9ClN4O/c1-2-11-5-3(6)4(8-7)9-10-5/h2,7H2,1H3,(H2,8,9,10). The van der Waals surface area contributed by atoms with E-state index >= 15 is 0 Å². The number of aromatic amines is 1. The highest BCUT2D eigenvalue weighted by atomic mass is 35.5. The van der Waals surface area contributed by atoms with Gasteiger partial charge in [-0.05, 0) is 6.92 Å². The largest absolute Gasteiger partial charge is 0.476 e. The van der Waals surface area contributed by atoms with E-state index in [2.05, 4.69) is 15.6 Å². The van der Waals surface area contributed by atoms with Crippen LogP contribution < -0.4 is 16.0 Å². The van der Waals surface area contributed by atoms with Gasteiger partial charge in [0.05, 0.1) is 6.61 Å². The molecule has 11 heavy (non-hydrogen) atoms. The number of nitrogens with zero attached hydrogens (tertiary/aromatic N) is 1. The van der Waals surface area contributed by atoms with Gasteiger partial charge in [-0.15, -0.1) is 5.10 Å². The molecule has 0 aromatic carbocycles. The summed E-state index contributed by atoms with van der Waals surface area (Å²) >= 11 is 5.74. The zero-order valence-electron chi connectivity index (χ0n) is 6.02. The quantitative estimate of drug-likeness (QED) is 0.469. The molecule has 4 N–H and O–H groups in total. The molecule has 0 aliphatic rings. The highest BCUT2D eigenvalue weighted by Gasteiger charge is 2.09. The number of nitrogens with one attached hydrogen (secondary N) is 2. The Balaban J connectivity index is 2.82. The van der Waals surface area contributed by atoms with Crippen molar-refractivity contribution in [3.63, 3.8) is 0 Å². The molecule has 0 aliphatic carbocycles. The van der Waals surface area contributed by atoms with Gasteiger partial charge in [0.2, 0.25) is 0 Å². The Morgan fingerprint density at radius 2 is 2.55 bits per heavy atom. The first-order valence-electron chi connectivity index (χ1n) is 3.12. The van der Waals surface area contributed by atoms with E-state index in [1.165, 1.54) is 0 Å². The van der Waals surface area contributed by atoms with Gasteiger partial charge in [0.1, 0.15) is 5.02 Å². The molecular weight excluding hydrogens is 168 g/mol. The molecule has 0 atom stereocenters. The number of H-pyrrole nitrogens is 1. The van der Waals surface area contributed by atoms with E-state index in [-0.39, 0.29) is 0 Å². The lowest BCUT2D eigenvalue weighted by Crippen LogP contribution is -2.07. The lowest BCUT2D eigenvalue weighted by molar-refractivity contribution is 0.326. The third-order valence-electron chi connectivity index (χ3n) is 1.10. The molecule has 5 nitrogen and oxygen atoms in total. The van der Waals surface area contributed by atoms with Crippen LogP contribution in [0, 0.1) is 0 Å². The van der Waals surface area contributed by atoms with E-state index in [0.717, 1.165) is 0 Å². The summed E-state index contributed by atoms with van der Waals surface area (Å²) in [6, 6.07) is 0. The Hall–Kier alpha value is -0.940. The Morgan fingerprint density at radius 1 is 1.82 bits per heavy atom. The molecule has 0 radical (unpaired) electrons. The molecule has 0 spiro atoms. The second-order valence-electron chi connectivity index (χ2n) is 1.80. The van der Waals surface area contributed by atoms with Crippen LogP contribution in [0.4, 0.5) is 5.82 Å². The van der Waals surface area contributed by atoms with Crippen molar-refractivity contribution < 1.29 is 4.74 Å². The molecule has 0 bridgehead atoms. The van der Waals surface area contributed by atoms with Gasteiger partial charge in [-0.1, -0.05) is 11.6 Å². The van der Waals surface area contributed by atoms with Crippen molar-refractivity contribution in [2.75, 3.05) is 12.0 Å². The molecule has 0 fully saturated rings. The molecule has 0 saturated carbocycles. The maximum atomic E-state index is 5.74. The second kappa shape index (κ2) is 3.45. The fourth-order valence-corrected chi connectivity index (χ4v) is 0.833. The summed E-state index contributed by atoms with van der Waals surface area (Å²) < 4.78 is 5.05. The summed E-state index contributed by atoms with van der Waals surface area (Å²) in [7, 11) is 0. The minimum Gasteiger partial charge on any atom is -0.476 e. The van der Waals surface area contributed by atoms with Gasteiger partial charge in [-0.3, -0.25) is 5.10 Å². The number of hydrogen-bond donors (Lipinski definition) is 3. The number of nitrogen functional groups attached to an aromatic ring is 1. The molecule has 6 heteroatoms. The molecule has 0 saturated heterocycles. The van der Waals surface area contributed by atoms with Crippen molar-refractivity contribution in [1.82, 2.24) is 10.2 Å². The average Bonchev–Trinajstić information content (AvgIpc) is 2.34. The van der Waals surface area contributed by atoms with Gasteiger partial charge in [0.25, 0.3) is 5.88 Å². The van der Waals surface area contributed by atoms with Crippen LogP contribution in [0.15, 0.2) is 0 Å². The lowest BCUT2D eigenvalue weighted by atomic mass is 10.6. The number of rotatable bonds is 3. The number of halogens is 1. The summed E-state index contributed by atoms with van der Waals surface area (Å²) in [6.07, 6.45) is 0. The molecule has 1 aromatic heterocycles. The Morgan fingerprint density at radius 3 is 3.00 bits per heavy atom. The lowest BCUT2D eigenvalue weighted by Gasteiger charge is -1.96. The van der Waals surface area contributed by atoms with Crippen LogP contribution in [-0.4, -0.2) is 16.8 Å². The van der Waals surface area contributed by atoms with Crippen LogP contribution in [0.25, 0.3) is 0 Å². The summed E-state index contributed by atoms with van der Waals surface area (Å²) in [6.45, 7) is 2.37. The highest BCUT2D eigenvalue weighted by Crippen LogP contribution is 2.27. The van der Waals surface area contributed by atoms with Gasteiger partial charge in [-0.25, -0.2) is 5.84 Å². The van der Waals surface area contributed by atoms with Crippen molar-refractivity contribution in [2.45, 2.75) is 6.92 Å². The van der Waals surface area contributed by atoms with Gasteiger partial charge >= 0.3 is 0 Å². The van der Waals surface area contributed by atoms with E-state index in [1.54, 1.807) is 0 Å². The third-order valence-corrected chi connectivity index (χ3v) is 1.45. The highest BCUT2D eigenvalue weighted by molar-refractivity contribution is 6.34. The van der Waals surface area contributed by atoms with E-state index < -0.39 is 0 Å². The smallest absolute Gasteiger partial charge is 0.253 e. The second-order valence-corrected chi connectivity index (χ2v) is 2.17. The van der Waals surface area contributed by atoms with Crippen LogP contribution in [0.5, 0.6) is 5.88 Å². The molecule has 0 amide bonds. The van der Waals surface area contributed by atoms with Gasteiger partial charge < -0.3 is 10.2 Å². The zero-order chi connectivity index (χ0) is 8.27. The average molecular weight is 177 g/mol. The monoisotopic (exact) mass is 176 g/mol. The normalized spacial score (nSPS) is 9.73. The number of hydrogen-bond acceptors (Lipinski definition) is 4. The van der Waals surface area contributed by atoms with E-state index in [4.69, 9.17) is 22.2 Å². The van der Waals surface area contributed by atoms with Gasteiger partial charge in [-0.2, -0.15) is 0 Å². The van der Waals surface area contributed by atoms with Crippen molar-refractivity contribution in [3.05, 3.63) is 5.02 Å². The van der Waals surface area contributed by atoms with Gasteiger partial charge in [0.15, 0.2) is 5.82 Å². The summed E-state index contributed by atoms with van der Waals surface area (Å²) in [5.41, 5.74) is 2.34. The first-order chi connectivity index (χ1) is 5.29. The molecular formula is C5H9ClN4O. The maximum absolute atomic E-state index is 5.74.